The molecule has 1 atom stereocenters. The van der Waals surface area contributed by atoms with Gasteiger partial charge in [-0.15, -0.1) is 0 Å². The molecule has 2 heterocycles. The molecular weight excluding hydrogens is 320 g/mol. The smallest absolute Gasteiger partial charge is 0.230 e. The van der Waals surface area contributed by atoms with Gasteiger partial charge in [-0.3, -0.25) is 4.79 Å². The SMILES string of the molecule is N#CCCN(C(=O)[C@H]1CC12CCOCC2)c1ccc2c(c1)OCCO2. The fourth-order valence-corrected chi connectivity index (χ4v) is 3.94. The van der Waals surface area contributed by atoms with Gasteiger partial charge in [0.15, 0.2) is 11.5 Å². The predicted molar refractivity (Wildman–Crippen MR) is 90.6 cm³/mol. The Balaban J connectivity index is 1.56. The Labute approximate surface area is 147 Å². The van der Waals surface area contributed by atoms with Crippen LogP contribution in [0.3, 0.4) is 0 Å². The molecule has 3 aliphatic rings. The van der Waals surface area contributed by atoms with E-state index in [0.29, 0.717) is 37.7 Å². The summed E-state index contributed by atoms with van der Waals surface area (Å²) in [5.41, 5.74) is 0.896. The van der Waals surface area contributed by atoms with Crippen molar-refractivity contribution in [1.82, 2.24) is 0 Å². The van der Waals surface area contributed by atoms with Crippen LogP contribution >= 0.6 is 0 Å². The molecule has 1 saturated heterocycles. The number of ether oxygens (including phenoxy) is 3. The van der Waals surface area contributed by atoms with E-state index in [4.69, 9.17) is 19.5 Å². The summed E-state index contributed by atoms with van der Waals surface area (Å²) < 4.78 is 16.6. The van der Waals surface area contributed by atoms with Crippen molar-refractivity contribution in [3.63, 3.8) is 0 Å². The minimum Gasteiger partial charge on any atom is -0.486 e. The molecule has 0 N–H and O–H groups in total. The molecule has 1 aromatic rings. The summed E-state index contributed by atoms with van der Waals surface area (Å²) in [7, 11) is 0. The van der Waals surface area contributed by atoms with Crippen molar-refractivity contribution >= 4 is 11.6 Å². The zero-order chi connectivity index (χ0) is 17.3. The lowest BCUT2D eigenvalue weighted by molar-refractivity contribution is -0.121. The Hall–Kier alpha value is -2.26. The van der Waals surface area contributed by atoms with Crippen LogP contribution in [0.2, 0.25) is 0 Å². The number of rotatable bonds is 4. The van der Waals surface area contributed by atoms with E-state index in [1.54, 1.807) is 4.90 Å². The second-order valence-electron chi connectivity index (χ2n) is 6.96. The van der Waals surface area contributed by atoms with E-state index in [1.807, 2.05) is 18.2 Å². The van der Waals surface area contributed by atoms with Crippen LogP contribution < -0.4 is 14.4 Å². The van der Waals surface area contributed by atoms with Gasteiger partial charge < -0.3 is 19.1 Å². The lowest BCUT2D eigenvalue weighted by Crippen LogP contribution is -2.35. The van der Waals surface area contributed by atoms with E-state index in [9.17, 15) is 4.79 Å². The molecule has 1 amide bonds. The van der Waals surface area contributed by atoms with Crippen LogP contribution in [-0.4, -0.2) is 38.9 Å². The summed E-state index contributed by atoms with van der Waals surface area (Å²) in [6.45, 7) is 2.93. The molecule has 132 valence electrons. The van der Waals surface area contributed by atoms with Gasteiger partial charge in [-0.2, -0.15) is 5.26 Å². The summed E-state index contributed by atoms with van der Waals surface area (Å²) in [6, 6.07) is 7.71. The minimum absolute atomic E-state index is 0.0447. The second kappa shape index (κ2) is 6.57. The number of nitriles is 1. The highest BCUT2D eigenvalue weighted by molar-refractivity contribution is 5.97. The van der Waals surface area contributed by atoms with E-state index in [-0.39, 0.29) is 17.2 Å². The number of hydrogen-bond donors (Lipinski definition) is 0. The number of fused-ring (bicyclic) bond motifs is 1. The predicted octanol–water partition coefficient (Wildman–Crippen LogP) is 2.52. The molecule has 25 heavy (non-hydrogen) atoms. The third-order valence-electron chi connectivity index (χ3n) is 5.53. The Morgan fingerprint density at radius 3 is 2.72 bits per heavy atom. The Morgan fingerprint density at radius 2 is 1.96 bits per heavy atom. The average Bonchev–Trinajstić information content (AvgIpc) is 3.35. The van der Waals surface area contributed by atoms with Crippen molar-refractivity contribution in [1.29, 1.82) is 5.26 Å². The molecule has 1 spiro atoms. The zero-order valence-corrected chi connectivity index (χ0v) is 14.2. The maximum absolute atomic E-state index is 13.2. The maximum atomic E-state index is 13.2. The summed E-state index contributed by atoms with van der Waals surface area (Å²) in [5.74, 6) is 1.53. The molecule has 1 saturated carbocycles. The third kappa shape index (κ3) is 3.05. The number of amides is 1. The van der Waals surface area contributed by atoms with E-state index in [1.165, 1.54) is 0 Å². The molecular formula is C19H22N2O4. The molecule has 4 rings (SSSR count). The summed E-state index contributed by atoms with van der Waals surface area (Å²) in [4.78, 5) is 14.9. The molecule has 2 aliphatic heterocycles. The highest BCUT2D eigenvalue weighted by Crippen LogP contribution is 2.60. The van der Waals surface area contributed by atoms with E-state index >= 15 is 0 Å². The molecule has 0 radical (unpaired) electrons. The quantitative estimate of drug-likeness (QED) is 0.841. The minimum atomic E-state index is 0.0447. The number of hydrogen-bond acceptors (Lipinski definition) is 5. The lowest BCUT2D eigenvalue weighted by Gasteiger charge is -2.27. The van der Waals surface area contributed by atoms with E-state index < -0.39 is 0 Å². The number of nitrogens with zero attached hydrogens (tertiary/aromatic N) is 2. The van der Waals surface area contributed by atoms with Crippen LogP contribution in [0.25, 0.3) is 0 Å². The number of benzene rings is 1. The van der Waals surface area contributed by atoms with Gasteiger partial charge >= 0.3 is 0 Å². The standard InChI is InChI=1S/C19H22N2O4/c20-6-1-7-21(14-2-3-16-17(12-14)25-11-10-24-16)18(22)15-13-19(15)4-8-23-9-5-19/h2-3,12,15H,1,4-5,7-11,13H2/t15-/m1/s1. The molecule has 6 nitrogen and oxygen atoms in total. The summed E-state index contributed by atoms with van der Waals surface area (Å²) >= 11 is 0. The van der Waals surface area contributed by atoms with Crippen molar-refractivity contribution < 1.29 is 19.0 Å². The highest BCUT2D eigenvalue weighted by Gasteiger charge is 2.59. The Morgan fingerprint density at radius 1 is 1.20 bits per heavy atom. The van der Waals surface area contributed by atoms with Gasteiger partial charge in [0.2, 0.25) is 5.91 Å². The van der Waals surface area contributed by atoms with Crippen molar-refractivity contribution in [2.24, 2.45) is 11.3 Å². The van der Waals surface area contributed by atoms with Crippen LogP contribution in [0.5, 0.6) is 11.5 Å². The molecule has 1 aromatic carbocycles. The van der Waals surface area contributed by atoms with Crippen molar-refractivity contribution in [2.75, 3.05) is 37.9 Å². The second-order valence-corrected chi connectivity index (χ2v) is 6.96. The topological polar surface area (TPSA) is 71.8 Å². The first-order chi connectivity index (χ1) is 12.2. The van der Waals surface area contributed by atoms with Crippen LogP contribution in [-0.2, 0) is 9.53 Å². The van der Waals surface area contributed by atoms with Crippen LogP contribution in [0.4, 0.5) is 5.69 Å². The van der Waals surface area contributed by atoms with Crippen molar-refractivity contribution in [3.05, 3.63) is 18.2 Å². The van der Waals surface area contributed by atoms with Crippen LogP contribution in [0, 0.1) is 22.7 Å². The average molecular weight is 342 g/mol. The van der Waals surface area contributed by atoms with Gasteiger partial charge in [0.25, 0.3) is 0 Å². The van der Waals surface area contributed by atoms with Gasteiger partial charge in [-0.25, -0.2) is 0 Å². The first-order valence-electron chi connectivity index (χ1n) is 8.89. The summed E-state index contributed by atoms with van der Waals surface area (Å²) in [6.07, 6.45) is 3.15. The number of carbonyl (C=O) groups excluding carboxylic acids is 1. The monoisotopic (exact) mass is 342 g/mol. The molecule has 0 unspecified atom stereocenters. The normalized spacial score (nSPS) is 22.9. The molecule has 2 fully saturated rings. The number of anilines is 1. The van der Waals surface area contributed by atoms with Gasteiger partial charge in [0.1, 0.15) is 13.2 Å². The largest absolute Gasteiger partial charge is 0.486 e. The lowest BCUT2D eigenvalue weighted by atomic mass is 9.93. The van der Waals surface area contributed by atoms with E-state index in [0.717, 1.165) is 38.2 Å². The molecule has 1 aliphatic carbocycles. The van der Waals surface area contributed by atoms with Gasteiger partial charge in [0, 0.05) is 37.4 Å². The van der Waals surface area contributed by atoms with Crippen LogP contribution in [0.15, 0.2) is 18.2 Å². The van der Waals surface area contributed by atoms with Gasteiger partial charge in [0.05, 0.1) is 12.5 Å². The fraction of sp³-hybridized carbons (Fsp3) is 0.579. The maximum Gasteiger partial charge on any atom is 0.230 e. The first kappa shape index (κ1) is 16.2. The summed E-state index contributed by atoms with van der Waals surface area (Å²) in [5, 5.41) is 8.98. The van der Waals surface area contributed by atoms with Crippen molar-refractivity contribution in [2.45, 2.75) is 25.7 Å². The molecule has 0 aromatic heterocycles. The third-order valence-corrected chi connectivity index (χ3v) is 5.53. The van der Waals surface area contributed by atoms with Gasteiger partial charge in [-0.05, 0) is 36.8 Å². The van der Waals surface area contributed by atoms with E-state index in [2.05, 4.69) is 6.07 Å². The Bertz CT molecular complexity index is 706. The first-order valence-corrected chi connectivity index (χ1v) is 8.89. The fourth-order valence-electron chi connectivity index (χ4n) is 3.94. The van der Waals surface area contributed by atoms with Crippen molar-refractivity contribution in [3.8, 4) is 17.6 Å². The highest BCUT2D eigenvalue weighted by atomic mass is 16.6. The zero-order valence-electron chi connectivity index (χ0n) is 14.2. The molecule has 6 heteroatoms. The van der Waals surface area contributed by atoms with Gasteiger partial charge in [-0.1, -0.05) is 0 Å². The number of carbonyl (C=O) groups is 1. The Kier molecular flexibility index (Phi) is 4.26. The molecule has 0 bridgehead atoms. The van der Waals surface area contributed by atoms with Crippen LogP contribution in [0.1, 0.15) is 25.7 Å².